The number of ether oxygens (including phenoxy) is 1. The number of aromatic nitrogens is 1. The topological polar surface area (TPSA) is 38.9 Å². The van der Waals surface area contributed by atoms with Crippen LogP contribution in [0.2, 0.25) is 0 Å². The van der Waals surface area contributed by atoms with Crippen molar-refractivity contribution in [2.75, 3.05) is 13.2 Å². The molecule has 144 valence electrons. The van der Waals surface area contributed by atoms with Crippen LogP contribution in [0.4, 0.5) is 8.78 Å². The largest absolute Gasteiger partial charge is 0.376 e. The minimum absolute atomic E-state index is 0.125. The summed E-state index contributed by atoms with van der Waals surface area (Å²) in [7, 11) is 0. The molecule has 0 N–H and O–H groups in total. The van der Waals surface area contributed by atoms with E-state index >= 15 is 0 Å². The van der Waals surface area contributed by atoms with Crippen molar-refractivity contribution >= 4 is 17.6 Å². The van der Waals surface area contributed by atoms with Gasteiger partial charge in [0, 0.05) is 23.1 Å². The van der Waals surface area contributed by atoms with Crippen molar-refractivity contribution in [2.45, 2.75) is 18.9 Å². The highest BCUT2D eigenvalue weighted by molar-refractivity contribution is 7.07. The van der Waals surface area contributed by atoms with Gasteiger partial charge < -0.3 is 4.74 Å². The maximum atomic E-state index is 14.0. The van der Waals surface area contributed by atoms with Crippen LogP contribution in [0.5, 0.6) is 0 Å². The third kappa shape index (κ3) is 4.26. The maximum Gasteiger partial charge on any atom is 0.206 e. The zero-order chi connectivity index (χ0) is 19.3. The van der Waals surface area contributed by atoms with Crippen LogP contribution in [0.3, 0.4) is 0 Å². The summed E-state index contributed by atoms with van der Waals surface area (Å²) in [5, 5.41) is 6.39. The van der Waals surface area contributed by atoms with E-state index in [9.17, 15) is 8.78 Å². The van der Waals surface area contributed by atoms with Crippen molar-refractivity contribution in [1.29, 1.82) is 0 Å². The molecule has 4 nitrogen and oxygen atoms in total. The molecule has 0 saturated carbocycles. The molecule has 2 aromatic carbocycles. The summed E-state index contributed by atoms with van der Waals surface area (Å²) in [6.45, 7) is 1.33. The molecule has 28 heavy (non-hydrogen) atoms. The van der Waals surface area contributed by atoms with Crippen molar-refractivity contribution in [3.8, 4) is 11.3 Å². The van der Waals surface area contributed by atoms with E-state index in [2.05, 4.69) is 10.1 Å². The average Bonchev–Trinajstić information content (AvgIpc) is 3.36. The molecule has 1 aliphatic rings. The number of benzene rings is 2. The summed E-state index contributed by atoms with van der Waals surface area (Å²) >= 11 is 1.44. The first-order chi connectivity index (χ1) is 13.7. The van der Waals surface area contributed by atoms with Crippen LogP contribution in [0.25, 0.3) is 11.3 Å². The lowest BCUT2D eigenvalue weighted by atomic mass is 10.2. The summed E-state index contributed by atoms with van der Waals surface area (Å²) in [6, 6.07) is 12.6. The third-order valence-electron chi connectivity index (χ3n) is 4.50. The molecular weight excluding hydrogens is 380 g/mol. The summed E-state index contributed by atoms with van der Waals surface area (Å²) < 4.78 is 34.6. The first-order valence-electron chi connectivity index (χ1n) is 9.08. The van der Waals surface area contributed by atoms with Gasteiger partial charge in [0.2, 0.25) is 4.80 Å². The molecule has 0 radical (unpaired) electrons. The molecule has 0 aliphatic carbocycles. The van der Waals surface area contributed by atoms with Gasteiger partial charge in [-0.2, -0.15) is 5.10 Å². The van der Waals surface area contributed by atoms with E-state index in [0.717, 1.165) is 30.7 Å². The standard InChI is InChI=1S/C21H19F2N3OS/c22-17-9-7-15(8-10-17)20-14-28-21(24-13-18-5-3-11-27-18)26(20)25-12-16-4-1-2-6-19(16)23/h1-2,4,6-10,12,14,18H,3,5,11,13H2/b24-21?,25-12-/t18-/m0/s1. The number of hydrogen-bond donors (Lipinski definition) is 0. The smallest absolute Gasteiger partial charge is 0.206 e. The number of halogens is 2. The number of nitrogens with zero attached hydrogens (tertiary/aromatic N) is 3. The number of thiazole rings is 1. The van der Waals surface area contributed by atoms with Crippen molar-refractivity contribution in [3.63, 3.8) is 0 Å². The summed E-state index contributed by atoms with van der Waals surface area (Å²) in [4.78, 5) is 5.34. The zero-order valence-corrected chi connectivity index (χ0v) is 15.9. The Morgan fingerprint density at radius 3 is 2.71 bits per heavy atom. The molecule has 0 spiro atoms. The van der Waals surface area contributed by atoms with Gasteiger partial charge in [-0.15, -0.1) is 11.3 Å². The number of hydrogen-bond acceptors (Lipinski definition) is 4. The van der Waals surface area contributed by atoms with Gasteiger partial charge in [0.05, 0.1) is 24.6 Å². The second kappa shape index (κ2) is 8.58. The molecule has 4 rings (SSSR count). The minimum Gasteiger partial charge on any atom is -0.376 e. The lowest BCUT2D eigenvalue weighted by Gasteiger charge is -2.06. The van der Waals surface area contributed by atoms with Gasteiger partial charge in [-0.05, 0) is 43.2 Å². The lowest BCUT2D eigenvalue weighted by Crippen LogP contribution is -2.17. The van der Waals surface area contributed by atoms with Crippen LogP contribution in [-0.4, -0.2) is 30.1 Å². The molecule has 1 saturated heterocycles. The van der Waals surface area contributed by atoms with E-state index in [1.807, 2.05) is 5.38 Å². The Morgan fingerprint density at radius 2 is 1.96 bits per heavy atom. The van der Waals surface area contributed by atoms with E-state index in [1.165, 1.54) is 35.8 Å². The van der Waals surface area contributed by atoms with Crippen molar-refractivity contribution in [2.24, 2.45) is 10.1 Å². The van der Waals surface area contributed by atoms with E-state index in [4.69, 9.17) is 4.74 Å². The van der Waals surface area contributed by atoms with Crippen LogP contribution in [-0.2, 0) is 4.74 Å². The zero-order valence-electron chi connectivity index (χ0n) is 15.1. The Bertz CT molecular complexity index is 1030. The SMILES string of the molecule is Fc1ccc(-c2csc(=NC[C@@H]3CCCO3)n2/N=C\c2ccccc2F)cc1. The maximum absolute atomic E-state index is 14.0. The Kier molecular flexibility index (Phi) is 5.73. The van der Waals surface area contributed by atoms with Gasteiger partial charge in [0.25, 0.3) is 0 Å². The van der Waals surface area contributed by atoms with Gasteiger partial charge in [0.15, 0.2) is 0 Å². The van der Waals surface area contributed by atoms with Crippen molar-refractivity contribution in [3.05, 3.63) is 75.9 Å². The highest BCUT2D eigenvalue weighted by Gasteiger charge is 2.15. The first kappa shape index (κ1) is 18.7. The fraction of sp³-hybridized carbons (Fsp3) is 0.238. The van der Waals surface area contributed by atoms with Gasteiger partial charge in [-0.25, -0.2) is 13.5 Å². The van der Waals surface area contributed by atoms with Crippen LogP contribution < -0.4 is 4.80 Å². The molecule has 3 aromatic rings. The van der Waals surface area contributed by atoms with Crippen LogP contribution in [0, 0.1) is 11.6 Å². The van der Waals surface area contributed by atoms with Gasteiger partial charge in [-0.1, -0.05) is 18.2 Å². The van der Waals surface area contributed by atoms with Crippen molar-refractivity contribution < 1.29 is 13.5 Å². The van der Waals surface area contributed by atoms with Crippen LogP contribution in [0.15, 0.2) is 64.0 Å². The highest BCUT2D eigenvalue weighted by Crippen LogP contribution is 2.21. The van der Waals surface area contributed by atoms with Gasteiger partial charge >= 0.3 is 0 Å². The Morgan fingerprint density at radius 1 is 1.14 bits per heavy atom. The van der Waals surface area contributed by atoms with E-state index in [-0.39, 0.29) is 17.7 Å². The van der Waals surface area contributed by atoms with Crippen LogP contribution in [0.1, 0.15) is 18.4 Å². The third-order valence-corrected chi connectivity index (χ3v) is 5.35. The van der Waals surface area contributed by atoms with E-state index < -0.39 is 0 Å². The van der Waals surface area contributed by atoms with Gasteiger partial charge in [0.1, 0.15) is 11.6 Å². The second-order valence-electron chi connectivity index (χ2n) is 6.46. The normalized spacial score (nSPS) is 17.6. The van der Waals surface area contributed by atoms with E-state index in [0.29, 0.717) is 16.9 Å². The number of rotatable bonds is 5. The lowest BCUT2D eigenvalue weighted by molar-refractivity contribution is 0.117. The summed E-state index contributed by atoms with van der Waals surface area (Å²) in [6.07, 6.45) is 3.65. The molecule has 1 fully saturated rings. The highest BCUT2D eigenvalue weighted by atomic mass is 32.1. The van der Waals surface area contributed by atoms with Crippen LogP contribution >= 0.6 is 11.3 Å². The van der Waals surface area contributed by atoms with Crippen molar-refractivity contribution in [1.82, 2.24) is 4.68 Å². The quantitative estimate of drug-likeness (QED) is 0.584. The molecule has 1 aliphatic heterocycles. The monoisotopic (exact) mass is 399 g/mol. The predicted molar refractivity (Wildman–Crippen MR) is 106 cm³/mol. The summed E-state index contributed by atoms with van der Waals surface area (Å²) in [5.41, 5.74) is 1.96. The molecule has 0 bridgehead atoms. The minimum atomic E-state index is -0.344. The molecule has 0 unspecified atom stereocenters. The first-order valence-corrected chi connectivity index (χ1v) is 9.96. The molecule has 0 amide bonds. The Hall–Kier alpha value is -2.64. The average molecular weight is 399 g/mol. The molecule has 2 heterocycles. The predicted octanol–water partition coefficient (Wildman–Crippen LogP) is 4.46. The molecular formula is C21H19F2N3OS. The Labute approximate surface area is 165 Å². The van der Waals surface area contributed by atoms with E-state index in [1.54, 1.807) is 35.0 Å². The molecule has 1 atom stereocenters. The fourth-order valence-corrected chi connectivity index (χ4v) is 3.85. The Balaban J connectivity index is 1.73. The second-order valence-corrected chi connectivity index (χ2v) is 7.30. The molecule has 1 aromatic heterocycles. The fourth-order valence-electron chi connectivity index (χ4n) is 3.01. The summed E-state index contributed by atoms with van der Waals surface area (Å²) in [5.74, 6) is -0.646. The molecule has 7 heteroatoms. The van der Waals surface area contributed by atoms with Gasteiger partial charge in [-0.3, -0.25) is 4.99 Å².